The molecule has 1 aromatic rings. The minimum Gasteiger partial charge on any atom is -0.493 e. The van der Waals surface area contributed by atoms with Crippen molar-refractivity contribution in [3.63, 3.8) is 0 Å². The first-order chi connectivity index (χ1) is 7.22. The second kappa shape index (κ2) is 5.03. The Hall–Kier alpha value is -1.49. The summed E-state index contributed by atoms with van der Waals surface area (Å²) in [6.07, 6.45) is -0.494. The number of para-hydroxylation sites is 1. The predicted molar refractivity (Wildman–Crippen MR) is 57.4 cm³/mol. The lowest BCUT2D eigenvalue weighted by Gasteiger charge is -2.12. The lowest BCUT2D eigenvalue weighted by Crippen LogP contribution is -2.19. The van der Waals surface area contributed by atoms with E-state index in [1.54, 1.807) is 12.1 Å². The van der Waals surface area contributed by atoms with Crippen LogP contribution in [-0.4, -0.2) is 19.8 Å². The maximum Gasteiger partial charge on any atom is 0.407 e. The normalized spacial score (nSPS) is 18.4. The number of cyclic esters (lactones) is 1. The van der Waals surface area contributed by atoms with Crippen LogP contribution < -0.4 is 10.1 Å². The van der Waals surface area contributed by atoms with E-state index in [0.717, 1.165) is 0 Å². The molecule has 6 heteroatoms. The molecule has 0 unspecified atom stereocenters. The summed E-state index contributed by atoms with van der Waals surface area (Å²) in [6.45, 7) is 0.193. The summed E-state index contributed by atoms with van der Waals surface area (Å²) in [5.41, 5.74) is 0.586. The Balaban J connectivity index is 0.00000128. The van der Waals surface area contributed by atoms with Gasteiger partial charge in [-0.1, -0.05) is 12.1 Å². The lowest BCUT2D eigenvalue weighted by atomic mass is 10.1. The highest BCUT2D eigenvalue weighted by Gasteiger charge is 2.27. The Morgan fingerprint density at radius 2 is 2.31 bits per heavy atom. The highest BCUT2D eigenvalue weighted by atomic mass is 35.5. The van der Waals surface area contributed by atoms with Crippen LogP contribution in [0, 0.1) is 5.82 Å². The summed E-state index contributed by atoms with van der Waals surface area (Å²) in [7, 11) is 1.39. The number of halogens is 2. The number of ether oxygens (including phenoxy) is 2. The van der Waals surface area contributed by atoms with Crippen molar-refractivity contribution in [2.24, 2.45) is 0 Å². The number of alkyl carbamates (subject to hydrolysis) is 1. The van der Waals surface area contributed by atoms with Gasteiger partial charge in [-0.15, -0.1) is 12.4 Å². The molecule has 1 fully saturated rings. The molecular weight excluding hydrogens is 237 g/mol. The molecule has 0 saturated carbocycles. The second-order valence-corrected chi connectivity index (χ2v) is 3.16. The number of carbonyl (C=O) groups is 1. The van der Waals surface area contributed by atoms with Crippen LogP contribution in [0.3, 0.4) is 0 Å². The van der Waals surface area contributed by atoms with Crippen molar-refractivity contribution in [1.29, 1.82) is 0 Å². The van der Waals surface area contributed by atoms with Crippen molar-refractivity contribution >= 4 is 18.5 Å². The molecule has 0 radical (unpaired) electrons. The molecule has 1 atom stereocenters. The first-order valence-electron chi connectivity index (χ1n) is 4.48. The summed E-state index contributed by atoms with van der Waals surface area (Å²) in [6, 6.07) is 4.22. The molecule has 1 N–H and O–H groups in total. The Labute approximate surface area is 98.1 Å². The first-order valence-corrected chi connectivity index (χ1v) is 4.48. The van der Waals surface area contributed by atoms with E-state index >= 15 is 0 Å². The SMILES string of the molecule is COc1c(F)cccc1[C@@H]1COC(=O)N1.Cl. The van der Waals surface area contributed by atoms with E-state index in [4.69, 9.17) is 9.47 Å². The third kappa shape index (κ3) is 2.19. The Kier molecular flexibility index (Phi) is 3.95. The molecular formula is C10H11ClFNO3. The number of benzene rings is 1. The van der Waals surface area contributed by atoms with E-state index in [0.29, 0.717) is 5.56 Å². The van der Waals surface area contributed by atoms with Crippen molar-refractivity contribution < 1.29 is 18.7 Å². The molecule has 0 bridgehead atoms. The topological polar surface area (TPSA) is 47.6 Å². The quantitative estimate of drug-likeness (QED) is 0.870. The Morgan fingerprint density at radius 1 is 1.56 bits per heavy atom. The van der Waals surface area contributed by atoms with Gasteiger partial charge >= 0.3 is 6.09 Å². The summed E-state index contributed by atoms with van der Waals surface area (Å²) >= 11 is 0. The van der Waals surface area contributed by atoms with Gasteiger partial charge in [0.15, 0.2) is 11.6 Å². The minimum atomic E-state index is -0.494. The third-order valence-corrected chi connectivity index (χ3v) is 2.25. The first kappa shape index (κ1) is 12.6. The molecule has 1 saturated heterocycles. The number of nitrogens with one attached hydrogen (secondary N) is 1. The van der Waals surface area contributed by atoms with E-state index < -0.39 is 11.9 Å². The second-order valence-electron chi connectivity index (χ2n) is 3.16. The number of rotatable bonds is 2. The molecule has 1 amide bonds. The molecule has 1 aromatic carbocycles. The van der Waals surface area contributed by atoms with Gasteiger partial charge in [0.05, 0.1) is 13.2 Å². The van der Waals surface area contributed by atoms with Gasteiger partial charge in [-0.05, 0) is 6.07 Å². The Bertz CT molecular complexity index is 400. The van der Waals surface area contributed by atoms with Gasteiger partial charge in [-0.3, -0.25) is 0 Å². The van der Waals surface area contributed by atoms with Gasteiger partial charge in [0, 0.05) is 5.56 Å². The molecule has 16 heavy (non-hydrogen) atoms. The van der Waals surface area contributed by atoms with E-state index in [-0.39, 0.29) is 30.8 Å². The number of hydrogen-bond acceptors (Lipinski definition) is 3. The van der Waals surface area contributed by atoms with E-state index in [2.05, 4.69) is 5.32 Å². The zero-order chi connectivity index (χ0) is 10.8. The maximum absolute atomic E-state index is 13.3. The Morgan fingerprint density at radius 3 is 2.88 bits per heavy atom. The average molecular weight is 248 g/mol. The summed E-state index contributed by atoms with van der Waals surface area (Å²) < 4.78 is 23.0. The van der Waals surface area contributed by atoms with Crippen LogP contribution in [0.2, 0.25) is 0 Å². The maximum atomic E-state index is 13.3. The van der Waals surface area contributed by atoms with Crippen LogP contribution in [0.25, 0.3) is 0 Å². The zero-order valence-electron chi connectivity index (χ0n) is 8.53. The van der Waals surface area contributed by atoms with Crippen LogP contribution >= 0.6 is 12.4 Å². The number of hydrogen-bond donors (Lipinski definition) is 1. The standard InChI is InChI=1S/C10H10FNO3.ClH/c1-14-9-6(3-2-4-7(9)11)8-5-15-10(13)12-8;/h2-4,8H,5H2,1H3,(H,12,13);1H/t8-;/m0./s1. The van der Waals surface area contributed by atoms with Gasteiger partial charge in [0.25, 0.3) is 0 Å². The largest absolute Gasteiger partial charge is 0.493 e. The fourth-order valence-electron chi connectivity index (χ4n) is 1.57. The monoisotopic (exact) mass is 247 g/mol. The van der Waals surface area contributed by atoms with Gasteiger partial charge in [0.1, 0.15) is 6.61 Å². The van der Waals surface area contributed by atoms with Crippen LogP contribution in [0.4, 0.5) is 9.18 Å². The highest BCUT2D eigenvalue weighted by Crippen LogP contribution is 2.29. The van der Waals surface area contributed by atoms with Crippen molar-refractivity contribution in [3.05, 3.63) is 29.6 Å². The summed E-state index contributed by atoms with van der Waals surface area (Å²) in [4.78, 5) is 10.8. The van der Waals surface area contributed by atoms with Crippen LogP contribution in [-0.2, 0) is 4.74 Å². The molecule has 4 nitrogen and oxygen atoms in total. The van der Waals surface area contributed by atoms with Crippen LogP contribution in [0.15, 0.2) is 18.2 Å². The van der Waals surface area contributed by atoms with Crippen molar-refractivity contribution in [2.75, 3.05) is 13.7 Å². The van der Waals surface area contributed by atoms with Crippen LogP contribution in [0.5, 0.6) is 5.75 Å². The lowest BCUT2D eigenvalue weighted by molar-refractivity contribution is 0.176. The fraction of sp³-hybridized carbons (Fsp3) is 0.300. The van der Waals surface area contributed by atoms with Crippen molar-refractivity contribution in [3.8, 4) is 5.75 Å². The van der Waals surface area contributed by atoms with Gasteiger partial charge in [-0.25, -0.2) is 9.18 Å². The number of amides is 1. The van der Waals surface area contributed by atoms with E-state index in [1.165, 1.54) is 13.2 Å². The molecule has 1 heterocycles. The van der Waals surface area contributed by atoms with Crippen LogP contribution in [0.1, 0.15) is 11.6 Å². The van der Waals surface area contributed by atoms with E-state index in [1.807, 2.05) is 0 Å². The zero-order valence-corrected chi connectivity index (χ0v) is 9.34. The van der Waals surface area contributed by atoms with Gasteiger partial charge in [0.2, 0.25) is 0 Å². The van der Waals surface area contributed by atoms with Gasteiger partial charge < -0.3 is 14.8 Å². The molecule has 1 aliphatic heterocycles. The fourth-order valence-corrected chi connectivity index (χ4v) is 1.57. The van der Waals surface area contributed by atoms with Gasteiger partial charge in [-0.2, -0.15) is 0 Å². The summed E-state index contributed by atoms with van der Waals surface area (Å²) in [5.74, 6) is -0.301. The molecule has 0 aliphatic carbocycles. The number of methoxy groups -OCH3 is 1. The van der Waals surface area contributed by atoms with Crippen molar-refractivity contribution in [2.45, 2.75) is 6.04 Å². The predicted octanol–water partition coefficient (Wildman–Crippen LogP) is 2.04. The average Bonchev–Trinajstić information content (AvgIpc) is 2.64. The molecule has 2 rings (SSSR count). The molecule has 0 spiro atoms. The molecule has 1 aliphatic rings. The van der Waals surface area contributed by atoms with Crippen molar-refractivity contribution in [1.82, 2.24) is 5.32 Å². The minimum absolute atomic E-state index is 0. The third-order valence-electron chi connectivity index (χ3n) is 2.25. The smallest absolute Gasteiger partial charge is 0.407 e. The summed E-state index contributed by atoms with van der Waals surface area (Å²) in [5, 5.41) is 2.56. The molecule has 88 valence electrons. The highest BCUT2D eigenvalue weighted by molar-refractivity contribution is 5.85. The van der Waals surface area contributed by atoms with E-state index in [9.17, 15) is 9.18 Å². The molecule has 0 aromatic heterocycles. The number of carbonyl (C=O) groups excluding carboxylic acids is 1.